The largest absolute Gasteiger partial charge is 0.382 e. The van der Waals surface area contributed by atoms with E-state index in [-0.39, 0.29) is 5.82 Å². The first-order chi connectivity index (χ1) is 17.0. The van der Waals surface area contributed by atoms with Crippen LogP contribution in [0.25, 0.3) is 33.4 Å². The van der Waals surface area contributed by atoms with Gasteiger partial charge in [-0.1, -0.05) is 17.7 Å². The molecule has 1 saturated heterocycles. The Bertz CT molecular complexity index is 1310. The third-order valence-electron chi connectivity index (χ3n) is 6.69. The van der Waals surface area contributed by atoms with Crippen molar-refractivity contribution in [2.24, 2.45) is 0 Å². The number of imidazole rings is 1. The van der Waals surface area contributed by atoms with Crippen LogP contribution in [0.4, 0.5) is 10.1 Å². The van der Waals surface area contributed by atoms with Crippen LogP contribution in [0.1, 0.15) is 13.8 Å². The zero-order valence-electron chi connectivity index (χ0n) is 20.1. The third-order valence-corrected chi connectivity index (χ3v) is 6.92. The summed E-state index contributed by atoms with van der Waals surface area (Å²) in [5.74, 6) is -0.348. The van der Waals surface area contributed by atoms with Crippen LogP contribution in [-0.2, 0) is 0 Å². The Balaban J connectivity index is 1.30. The summed E-state index contributed by atoms with van der Waals surface area (Å²) in [6, 6.07) is 13.2. The maximum Gasteiger partial charge on any atom is 0.132 e. The molecule has 5 rings (SSSR count). The Morgan fingerprint density at radius 2 is 1.89 bits per heavy atom. The minimum atomic E-state index is -0.348. The minimum Gasteiger partial charge on any atom is -0.382 e. The fraction of sp³-hybridized carbons (Fsp3) is 0.333. The molecule has 8 heteroatoms. The molecule has 35 heavy (non-hydrogen) atoms. The fourth-order valence-electron chi connectivity index (χ4n) is 4.64. The van der Waals surface area contributed by atoms with Gasteiger partial charge in [0.15, 0.2) is 0 Å². The van der Waals surface area contributed by atoms with E-state index >= 15 is 0 Å². The number of halogens is 2. The number of aromatic nitrogens is 3. The van der Waals surface area contributed by atoms with Crippen LogP contribution in [0.2, 0.25) is 5.02 Å². The van der Waals surface area contributed by atoms with Crippen molar-refractivity contribution in [3.63, 3.8) is 0 Å². The number of benzene rings is 2. The monoisotopic (exact) mass is 492 g/mol. The van der Waals surface area contributed by atoms with E-state index in [0.717, 1.165) is 61.4 Å². The second-order valence-electron chi connectivity index (χ2n) is 9.28. The topological polar surface area (TPSA) is 60.1 Å². The SMILES string of the molecule is CC(C)N1CCN(CCNc2cnc3ccc(-c4nc[nH]c4-c4cc(Cl)ccc4F)cc3c2)CC1. The number of pyridine rings is 1. The van der Waals surface area contributed by atoms with Crippen molar-refractivity contribution in [1.82, 2.24) is 24.8 Å². The van der Waals surface area contributed by atoms with Gasteiger partial charge in [-0.3, -0.25) is 14.8 Å². The summed E-state index contributed by atoms with van der Waals surface area (Å²) in [5, 5.41) is 4.99. The molecule has 0 atom stereocenters. The Kier molecular flexibility index (Phi) is 7.00. The predicted molar refractivity (Wildman–Crippen MR) is 141 cm³/mol. The second-order valence-corrected chi connectivity index (χ2v) is 9.72. The van der Waals surface area contributed by atoms with Gasteiger partial charge in [0.25, 0.3) is 0 Å². The first-order valence-corrected chi connectivity index (χ1v) is 12.4. The second kappa shape index (κ2) is 10.3. The van der Waals surface area contributed by atoms with Gasteiger partial charge >= 0.3 is 0 Å². The molecule has 0 aliphatic carbocycles. The maximum absolute atomic E-state index is 14.5. The number of piperazine rings is 1. The Labute approximate surface area is 210 Å². The average molecular weight is 493 g/mol. The molecule has 1 aliphatic heterocycles. The van der Waals surface area contributed by atoms with Crippen LogP contribution in [0.5, 0.6) is 0 Å². The van der Waals surface area contributed by atoms with Crippen molar-refractivity contribution in [3.05, 3.63) is 65.8 Å². The van der Waals surface area contributed by atoms with Crippen LogP contribution in [-0.4, -0.2) is 70.1 Å². The lowest BCUT2D eigenvalue weighted by Crippen LogP contribution is -2.49. The van der Waals surface area contributed by atoms with Crippen molar-refractivity contribution in [1.29, 1.82) is 0 Å². The summed E-state index contributed by atoms with van der Waals surface area (Å²) in [5.41, 5.74) is 4.44. The molecule has 0 saturated carbocycles. The molecule has 4 aromatic rings. The Hall–Kier alpha value is -3.00. The van der Waals surface area contributed by atoms with E-state index in [1.165, 1.54) is 12.1 Å². The molecule has 3 heterocycles. The Morgan fingerprint density at radius 1 is 1.06 bits per heavy atom. The number of nitrogens with zero attached hydrogens (tertiary/aromatic N) is 4. The van der Waals surface area contributed by atoms with Gasteiger partial charge in [0.2, 0.25) is 0 Å². The molecule has 0 unspecified atom stereocenters. The number of nitrogens with one attached hydrogen (secondary N) is 2. The molecule has 2 aromatic carbocycles. The summed E-state index contributed by atoms with van der Waals surface area (Å²) in [7, 11) is 0. The van der Waals surface area contributed by atoms with Crippen LogP contribution in [0.3, 0.4) is 0 Å². The lowest BCUT2D eigenvalue weighted by atomic mass is 10.0. The lowest BCUT2D eigenvalue weighted by Gasteiger charge is -2.36. The average Bonchev–Trinajstić information content (AvgIpc) is 3.35. The number of anilines is 1. The van der Waals surface area contributed by atoms with Gasteiger partial charge in [-0.2, -0.15) is 0 Å². The third kappa shape index (κ3) is 5.32. The van der Waals surface area contributed by atoms with E-state index in [0.29, 0.717) is 28.0 Å². The van der Waals surface area contributed by atoms with Crippen LogP contribution in [0, 0.1) is 5.82 Å². The molecular formula is C27H30ClFN6. The quantitative estimate of drug-likeness (QED) is 0.355. The number of hydrogen-bond acceptors (Lipinski definition) is 5. The fourth-order valence-corrected chi connectivity index (χ4v) is 4.82. The zero-order chi connectivity index (χ0) is 24.4. The summed E-state index contributed by atoms with van der Waals surface area (Å²) in [6.07, 6.45) is 3.45. The molecule has 6 nitrogen and oxygen atoms in total. The minimum absolute atomic E-state index is 0.348. The van der Waals surface area contributed by atoms with Gasteiger partial charge < -0.3 is 10.3 Å². The van der Waals surface area contributed by atoms with Crippen molar-refractivity contribution in [3.8, 4) is 22.5 Å². The van der Waals surface area contributed by atoms with Gasteiger partial charge in [0.1, 0.15) is 5.82 Å². The van der Waals surface area contributed by atoms with Crippen LogP contribution < -0.4 is 5.32 Å². The maximum atomic E-state index is 14.5. The van der Waals surface area contributed by atoms with Gasteiger partial charge in [-0.25, -0.2) is 9.37 Å². The standard InChI is InChI=1S/C27H30ClFN6/c1-18(2)35-11-9-34(10-12-35)8-7-30-22-14-20-13-19(3-6-25(20)31-16-22)26-27(33-17-32-26)23-15-21(28)4-5-24(23)29/h3-6,13-18,30H,7-12H2,1-2H3,(H,32,33). The summed E-state index contributed by atoms with van der Waals surface area (Å²) in [4.78, 5) is 17.2. The van der Waals surface area contributed by atoms with Crippen molar-refractivity contribution >= 4 is 28.2 Å². The first kappa shape index (κ1) is 23.7. The molecule has 0 amide bonds. The van der Waals surface area contributed by atoms with Crippen LogP contribution >= 0.6 is 11.6 Å². The van der Waals surface area contributed by atoms with Crippen molar-refractivity contribution in [2.45, 2.75) is 19.9 Å². The van der Waals surface area contributed by atoms with E-state index in [1.54, 1.807) is 12.4 Å². The highest BCUT2D eigenvalue weighted by Crippen LogP contribution is 2.33. The molecule has 0 spiro atoms. The van der Waals surface area contributed by atoms with Crippen molar-refractivity contribution < 1.29 is 4.39 Å². The van der Waals surface area contributed by atoms with E-state index in [2.05, 4.69) is 50.0 Å². The molecule has 0 bridgehead atoms. The Morgan fingerprint density at radius 3 is 2.69 bits per heavy atom. The number of rotatable bonds is 7. The summed E-state index contributed by atoms with van der Waals surface area (Å²) >= 11 is 6.12. The van der Waals surface area contributed by atoms with Crippen molar-refractivity contribution in [2.75, 3.05) is 44.6 Å². The molecule has 2 N–H and O–H groups in total. The van der Waals surface area contributed by atoms with E-state index < -0.39 is 0 Å². The number of H-pyrrole nitrogens is 1. The highest BCUT2D eigenvalue weighted by Gasteiger charge is 2.18. The highest BCUT2D eigenvalue weighted by molar-refractivity contribution is 6.30. The number of fused-ring (bicyclic) bond motifs is 1. The zero-order valence-corrected chi connectivity index (χ0v) is 20.8. The lowest BCUT2D eigenvalue weighted by molar-refractivity contribution is 0.111. The predicted octanol–water partition coefficient (Wildman–Crippen LogP) is 5.52. The van der Waals surface area contributed by atoms with Gasteiger partial charge in [-0.05, 0) is 50.2 Å². The van der Waals surface area contributed by atoms with E-state index in [9.17, 15) is 4.39 Å². The van der Waals surface area contributed by atoms with Crippen LogP contribution in [0.15, 0.2) is 55.0 Å². The van der Waals surface area contributed by atoms with Gasteiger partial charge in [0, 0.05) is 66.8 Å². The summed E-state index contributed by atoms with van der Waals surface area (Å²) < 4.78 is 14.5. The molecule has 1 fully saturated rings. The number of hydrogen-bond donors (Lipinski definition) is 2. The first-order valence-electron chi connectivity index (χ1n) is 12.1. The normalized spacial score (nSPS) is 15.2. The molecular weight excluding hydrogens is 463 g/mol. The summed E-state index contributed by atoms with van der Waals surface area (Å²) in [6.45, 7) is 10.9. The molecule has 1 aliphatic rings. The molecule has 2 aromatic heterocycles. The van der Waals surface area contributed by atoms with Gasteiger partial charge in [-0.15, -0.1) is 0 Å². The van der Waals surface area contributed by atoms with E-state index in [4.69, 9.17) is 11.6 Å². The molecule has 182 valence electrons. The highest BCUT2D eigenvalue weighted by atomic mass is 35.5. The number of aromatic amines is 1. The smallest absolute Gasteiger partial charge is 0.132 e. The van der Waals surface area contributed by atoms with Gasteiger partial charge in [0.05, 0.1) is 35.1 Å². The molecule has 0 radical (unpaired) electrons. The van der Waals surface area contributed by atoms with E-state index in [1.807, 2.05) is 24.4 Å².